The van der Waals surface area contributed by atoms with E-state index < -0.39 is 11.9 Å². The molecule has 1 aliphatic rings. The van der Waals surface area contributed by atoms with Crippen molar-refractivity contribution >= 4 is 29.0 Å². The number of hydrogen-bond acceptors (Lipinski definition) is 4. The summed E-state index contributed by atoms with van der Waals surface area (Å²) in [6.07, 6.45) is -2.64. The number of hydrogen-bond donors (Lipinski definition) is 0. The topological polar surface area (TPSA) is 33.2 Å². The van der Waals surface area contributed by atoms with E-state index in [1.54, 1.807) is 16.2 Å². The Morgan fingerprint density at radius 3 is 2.71 bits per heavy atom. The zero-order valence-electron chi connectivity index (χ0n) is 12.6. The molecule has 3 nitrogen and oxygen atoms in total. The van der Waals surface area contributed by atoms with Crippen LogP contribution in [-0.4, -0.2) is 34.6 Å². The van der Waals surface area contributed by atoms with Crippen LogP contribution in [0.2, 0.25) is 0 Å². The Labute approximate surface area is 145 Å². The number of amides is 1. The molecule has 0 aromatic carbocycles. The van der Waals surface area contributed by atoms with E-state index in [1.807, 2.05) is 23.2 Å². The van der Waals surface area contributed by atoms with E-state index in [9.17, 15) is 18.0 Å². The third-order valence-electron chi connectivity index (χ3n) is 3.79. The van der Waals surface area contributed by atoms with Gasteiger partial charge in [-0.2, -0.15) is 24.9 Å². The van der Waals surface area contributed by atoms with Gasteiger partial charge in [-0.25, -0.2) is 0 Å². The number of nitrogens with zero attached hydrogens (tertiary/aromatic N) is 2. The highest BCUT2D eigenvalue weighted by Gasteiger charge is 2.32. The van der Waals surface area contributed by atoms with E-state index in [4.69, 9.17) is 0 Å². The Hall–Kier alpha value is -1.54. The molecule has 0 aliphatic carbocycles. The molecule has 0 radical (unpaired) electrons. The molecule has 8 heteroatoms. The first-order valence-electron chi connectivity index (χ1n) is 7.42. The predicted octanol–water partition coefficient (Wildman–Crippen LogP) is 4.48. The molecule has 1 atom stereocenters. The maximum Gasteiger partial charge on any atom is 0.433 e. The van der Waals surface area contributed by atoms with Gasteiger partial charge in [0.1, 0.15) is 5.69 Å². The molecule has 1 fully saturated rings. The first-order chi connectivity index (χ1) is 11.4. The molecule has 2 aromatic rings. The second-order valence-corrected chi connectivity index (χ2v) is 7.68. The highest BCUT2D eigenvalue weighted by molar-refractivity contribution is 7.99. The number of thiophene rings is 1. The Bertz CT molecular complexity index is 686. The summed E-state index contributed by atoms with van der Waals surface area (Å²) in [5.41, 5.74) is -0.786. The molecular formula is C16H15F3N2OS2. The van der Waals surface area contributed by atoms with Crippen molar-refractivity contribution in [3.63, 3.8) is 0 Å². The van der Waals surface area contributed by atoms with Gasteiger partial charge in [0.05, 0.1) is 5.56 Å². The number of halogens is 3. The average molecular weight is 372 g/mol. The summed E-state index contributed by atoms with van der Waals surface area (Å²) in [5, 5.41) is 2.41. The van der Waals surface area contributed by atoms with E-state index in [1.165, 1.54) is 10.9 Å². The normalized spacial score (nSPS) is 19.1. The number of carbonyl (C=O) groups excluding carboxylic acids is 1. The van der Waals surface area contributed by atoms with Crippen molar-refractivity contribution in [2.24, 2.45) is 0 Å². The Kier molecular flexibility index (Phi) is 5.15. The molecule has 24 heavy (non-hydrogen) atoms. The van der Waals surface area contributed by atoms with Crippen molar-refractivity contribution in [3.8, 4) is 0 Å². The molecule has 1 saturated heterocycles. The summed E-state index contributed by atoms with van der Waals surface area (Å²) in [7, 11) is 0. The van der Waals surface area contributed by atoms with Crippen molar-refractivity contribution in [2.75, 3.05) is 18.8 Å². The summed E-state index contributed by atoms with van der Waals surface area (Å²) < 4.78 is 37.6. The summed E-state index contributed by atoms with van der Waals surface area (Å²) in [6, 6.07) is 6.17. The van der Waals surface area contributed by atoms with Gasteiger partial charge in [0, 0.05) is 35.2 Å². The van der Waals surface area contributed by atoms with Crippen LogP contribution in [0.25, 0.3) is 0 Å². The molecule has 3 heterocycles. The number of thioether (sulfide) groups is 1. The fourth-order valence-corrected chi connectivity index (χ4v) is 4.78. The molecule has 0 spiro atoms. The largest absolute Gasteiger partial charge is 0.433 e. The zero-order chi connectivity index (χ0) is 17.2. The van der Waals surface area contributed by atoms with Crippen molar-refractivity contribution in [1.29, 1.82) is 0 Å². The van der Waals surface area contributed by atoms with Crippen LogP contribution in [0.1, 0.15) is 32.6 Å². The van der Waals surface area contributed by atoms with Crippen LogP contribution >= 0.6 is 23.1 Å². The Morgan fingerprint density at radius 1 is 1.25 bits per heavy atom. The van der Waals surface area contributed by atoms with E-state index in [0.717, 1.165) is 24.4 Å². The molecular weight excluding hydrogens is 357 g/mol. The molecule has 128 valence electrons. The fourth-order valence-electron chi connectivity index (χ4n) is 2.55. The molecule has 1 amide bonds. The summed E-state index contributed by atoms with van der Waals surface area (Å²) in [6.45, 7) is 1.18. The molecule has 0 bridgehead atoms. The average Bonchev–Trinajstić information content (AvgIpc) is 2.98. The van der Waals surface area contributed by atoms with Crippen LogP contribution in [0.15, 0.2) is 35.8 Å². The third kappa shape index (κ3) is 3.92. The number of alkyl halides is 3. The number of rotatable bonds is 2. The van der Waals surface area contributed by atoms with E-state index >= 15 is 0 Å². The molecule has 0 saturated carbocycles. The lowest BCUT2D eigenvalue weighted by molar-refractivity contribution is -0.141. The van der Waals surface area contributed by atoms with Gasteiger partial charge in [0.2, 0.25) is 0 Å². The van der Waals surface area contributed by atoms with Crippen molar-refractivity contribution in [2.45, 2.75) is 17.8 Å². The van der Waals surface area contributed by atoms with Crippen molar-refractivity contribution in [1.82, 2.24) is 9.88 Å². The quantitative estimate of drug-likeness (QED) is 0.779. The standard InChI is InChI=1S/C16H15F3N2OS2/c17-16(18,19)14-4-3-11(10-20-14)15(22)21-6-5-13(24-9-7-21)12-2-1-8-23-12/h1-4,8,10,13H,5-7,9H2/t13-/m0/s1. The molecule has 3 rings (SSSR count). The third-order valence-corrected chi connectivity index (χ3v) is 6.24. The fraction of sp³-hybridized carbons (Fsp3) is 0.375. The first kappa shape index (κ1) is 17.3. The Morgan fingerprint density at radius 2 is 2.08 bits per heavy atom. The van der Waals surface area contributed by atoms with Crippen LogP contribution in [0, 0.1) is 0 Å². The second kappa shape index (κ2) is 7.14. The van der Waals surface area contributed by atoms with Gasteiger partial charge >= 0.3 is 6.18 Å². The lowest BCUT2D eigenvalue weighted by atomic mass is 10.2. The molecule has 0 unspecified atom stereocenters. The SMILES string of the molecule is O=C(c1ccc(C(F)(F)F)nc1)N1CCS[C@H](c2cccs2)CC1. The van der Waals surface area contributed by atoms with Gasteiger partial charge in [-0.05, 0) is 30.0 Å². The smallest absolute Gasteiger partial charge is 0.338 e. The van der Waals surface area contributed by atoms with Gasteiger partial charge in [-0.1, -0.05) is 6.07 Å². The molecule has 2 aromatic heterocycles. The van der Waals surface area contributed by atoms with Gasteiger partial charge in [0.25, 0.3) is 5.91 Å². The Balaban J connectivity index is 1.67. The monoisotopic (exact) mass is 372 g/mol. The highest BCUT2D eigenvalue weighted by atomic mass is 32.2. The van der Waals surface area contributed by atoms with Crippen LogP contribution in [0.3, 0.4) is 0 Å². The van der Waals surface area contributed by atoms with Gasteiger partial charge in [0.15, 0.2) is 0 Å². The maximum absolute atomic E-state index is 12.5. The lowest BCUT2D eigenvalue weighted by Crippen LogP contribution is -2.33. The first-order valence-corrected chi connectivity index (χ1v) is 9.35. The van der Waals surface area contributed by atoms with E-state index in [-0.39, 0.29) is 11.5 Å². The predicted molar refractivity (Wildman–Crippen MR) is 89.3 cm³/mol. The number of carbonyl (C=O) groups is 1. The minimum absolute atomic E-state index is 0.197. The zero-order valence-corrected chi connectivity index (χ0v) is 14.3. The minimum atomic E-state index is -4.49. The summed E-state index contributed by atoms with van der Waals surface area (Å²) in [5.74, 6) is 0.547. The number of pyridine rings is 1. The maximum atomic E-state index is 12.5. The van der Waals surface area contributed by atoms with Gasteiger partial charge < -0.3 is 4.90 Å². The number of aromatic nitrogens is 1. The molecule has 1 aliphatic heterocycles. The summed E-state index contributed by atoms with van der Waals surface area (Å²) >= 11 is 3.52. The van der Waals surface area contributed by atoms with Gasteiger partial charge in [-0.3, -0.25) is 9.78 Å². The van der Waals surface area contributed by atoms with Crippen LogP contribution in [-0.2, 0) is 6.18 Å². The lowest BCUT2D eigenvalue weighted by Gasteiger charge is -2.20. The van der Waals surface area contributed by atoms with Crippen LogP contribution in [0.5, 0.6) is 0 Å². The van der Waals surface area contributed by atoms with Crippen molar-refractivity contribution < 1.29 is 18.0 Å². The van der Waals surface area contributed by atoms with E-state index in [2.05, 4.69) is 11.1 Å². The highest BCUT2D eigenvalue weighted by Crippen LogP contribution is 2.37. The van der Waals surface area contributed by atoms with Crippen LogP contribution in [0.4, 0.5) is 13.2 Å². The second-order valence-electron chi connectivity index (χ2n) is 5.39. The minimum Gasteiger partial charge on any atom is -0.338 e. The summed E-state index contributed by atoms with van der Waals surface area (Å²) in [4.78, 5) is 18.9. The van der Waals surface area contributed by atoms with E-state index in [0.29, 0.717) is 18.3 Å². The van der Waals surface area contributed by atoms with Crippen LogP contribution < -0.4 is 0 Å². The van der Waals surface area contributed by atoms with Crippen molar-refractivity contribution in [3.05, 3.63) is 52.0 Å². The molecule has 0 N–H and O–H groups in total. The van der Waals surface area contributed by atoms with Gasteiger partial charge in [-0.15, -0.1) is 11.3 Å².